The van der Waals surface area contributed by atoms with Gasteiger partial charge in [-0.25, -0.2) is 13.6 Å². The van der Waals surface area contributed by atoms with Gasteiger partial charge in [0.15, 0.2) is 0 Å². The molecule has 5 heteroatoms. The summed E-state index contributed by atoms with van der Waals surface area (Å²) in [5.74, 6) is -0.594. The van der Waals surface area contributed by atoms with Crippen LogP contribution in [-0.4, -0.2) is 18.1 Å². The summed E-state index contributed by atoms with van der Waals surface area (Å²) in [6.45, 7) is 3.03. The van der Waals surface area contributed by atoms with Crippen molar-refractivity contribution in [3.63, 3.8) is 0 Å². The van der Waals surface area contributed by atoms with Gasteiger partial charge in [0, 0.05) is 5.69 Å². The highest BCUT2D eigenvalue weighted by molar-refractivity contribution is 5.92. The quantitative estimate of drug-likeness (QED) is 0.749. The van der Waals surface area contributed by atoms with Crippen LogP contribution in [-0.2, 0) is 4.74 Å². The summed E-state index contributed by atoms with van der Waals surface area (Å²) in [5, 5.41) is 0. The number of carbonyl (C=O) groups is 1. The fraction of sp³-hybridized carbons (Fsp3) is 0.444. The van der Waals surface area contributed by atoms with Crippen molar-refractivity contribution in [3.05, 3.63) is 22.5 Å². The first-order valence-corrected chi connectivity index (χ1v) is 4.04. The smallest absolute Gasteiger partial charge is 0.339 e. The fourth-order valence-corrected chi connectivity index (χ4v) is 1.40. The molecule has 1 rings (SSSR count). The molecule has 0 bridgehead atoms. The maximum Gasteiger partial charge on any atom is 0.339 e. The lowest BCUT2D eigenvalue weighted by molar-refractivity contribution is 0.0599. The molecule has 0 spiro atoms. The molecule has 0 unspecified atom stereocenters. The van der Waals surface area contributed by atoms with Crippen molar-refractivity contribution in [2.24, 2.45) is 0 Å². The van der Waals surface area contributed by atoms with E-state index < -0.39 is 12.4 Å². The van der Waals surface area contributed by atoms with E-state index >= 15 is 0 Å². The Bertz CT molecular complexity index is 358. The predicted octanol–water partition coefficient (Wildman–Crippen LogP) is 2.36. The zero-order chi connectivity index (χ0) is 10.9. The van der Waals surface area contributed by atoms with Crippen LogP contribution in [0.1, 0.15) is 33.7 Å². The summed E-state index contributed by atoms with van der Waals surface area (Å²) in [7, 11) is 1.22. The number of ether oxygens (including phenoxy) is 1. The van der Waals surface area contributed by atoms with Crippen molar-refractivity contribution >= 4 is 5.97 Å². The molecule has 0 saturated carbocycles. The lowest BCUT2D eigenvalue weighted by Gasteiger charge is -1.99. The van der Waals surface area contributed by atoms with Crippen molar-refractivity contribution in [2.45, 2.75) is 20.3 Å². The first-order chi connectivity index (χ1) is 6.49. The molecule has 0 saturated heterocycles. The highest BCUT2D eigenvalue weighted by atomic mass is 19.3. The average Bonchev–Trinajstić information content (AvgIpc) is 2.41. The molecule has 0 atom stereocenters. The van der Waals surface area contributed by atoms with Crippen LogP contribution in [0.2, 0.25) is 0 Å². The summed E-state index contributed by atoms with van der Waals surface area (Å²) < 4.78 is 29.3. The second-order valence-corrected chi connectivity index (χ2v) is 2.96. The number of nitrogens with one attached hydrogen (secondary N) is 1. The monoisotopic (exact) mass is 203 g/mol. The minimum absolute atomic E-state index is 0.197. The Labute approximate surface area is 80.1 Å². The molecule has 0 aliphatic carbocycles. The zero-order valence-corrected chi connectivity index (χ0v) is 8.15. The van der Waals surface area contributed by atoms with E-state index in [0.29, 0.717) is 5.69 Å². The van der Waals surface area contributed by atoms with Gasteiger partial charge in [-0.15, -0.1) is 0 Å². The van der Waals surface area contributed by atoms with Crippen LogP contribution in [0.3, 0.4) is 0 Å². The van der Waals surface area contributed by atoms with Crippen LogP contribution in [0.5, 0.6) is 0 Å². The van der Waals surface area contributed by atoms with Gasteiger partial charge in [-0.3, -0.25) is 0 Å². The summed E-state index contributed by atoms with van der Waals surface area (Å²) >= 11 is 0. The lowest BCUT2D eigenvalue weighted by Crippen LogP contribution is -2.03. The molecule has 1 aromatic heterocycles. The third-order valence-corrected chi connectivity index (χ3v) is 2.08. The number of carbonyl (C=O) groups excluding carboxylic acids is 1. The number of hydrogen-bond donors (Lipinski definition) is 1. The molecule has 0 amide bonds. The van der Waals surface area contributed by atoms with E-state index in [2.05, 4.69) is 9.72 Å². The van der Waals surface area contributed by atoms with E-state index in [1.807, 2.05) is 0 Å². The summed E-state index contributed by atoms with van der Waals surface area (Å²) in [5.41, 5.74) is 0.639. The fourth-order valence-electron chi connectivity index (χ4n) is 1.40. The lowest BCUT2D eigenvalue weighted by atomic mass is 10.1. The minimum atomic E-state index is -2.60. The summed E-state index contributed by atoms with van der Waals surface area (Å²) in [6.07, 6.45) is -2.60. The van der Waals surface area contributed by atoms with E-state index in [1.165, 1.54) is 14.0 Å². The van der Waals surface area contributed by atoms with Gasteiger partial charge in [-0.1, -0.05) is 0 Å². The number of aromatic nitrogens is 1. The van der Waals surface area contributed by atoms with Crippen molar-refractivity contribution in [1.82, 2.24) is 4.98 Å². The standard InChI is InChI=1S/C9H11F2NO2/c1-4-6(9(13)14-3)5(2)12-7(4)8(10)11/h8,12H,1-3H3. The normalized spacial score (nSPS) is 10.7. The van der Waals surface area contributed by atoms with Crippen molar-refractivity contribution in [2.75, 3.05) is 7.11 Å². The SMILES string of the molecule is COC(=O)c1c(C)[nH]c(C(F)F)c1C. The van der Waals surface area contributed by atoms with E-state index in [1.54, 1.807) is 6.92 Å². The van der Waals surface area contributed by atoms with E-state index in [0.717, 1.165) is 0 Å². The van der Waals surface area contributed by atoms with Gasteiger partial charge in [0.05, 0.1) is 18.4 Å². The minimum Gasteiger partial charge on any atom is -0.465 e. The van der Waals surface area contributed by atoms with E-state index in [9.17, 15) is 13.6 Å². The Hall–Kier alpha value is -1.39. The molecule has 0 aromatic carbocycles. The Kier molecular flexibility index (Phi) is 2.88. The highest BCUT2D eigenvalue weighted by Gasteiger charge is 2.22. The van der Waals surface area contributed by atoms with Crippen molar-refractivity contribution < 1.29 is 18.3 Å². The predicted molar refractivity (Wildman–Crippen MR) is 46.6 cm³/mol. The Balaban J connectivity index is 3.24. The molecule has 0 fully saturated rings. The van der Waals surface area contributed by atoms with Gasteiger partial charge in [0.25, 0.3) is 6.43 Å². The number of aryl methyl sites for hydroxylation is 1. The van der Waals surface area contributed by atoms with Crippen LogP contribution in [0.4, 0.5) is 8.78 Å². The van der Waals surface area contributed by atoms with Gasteiger partial charge in [-0.05, 0) is 19.4 Å². The van der Waals surface area contributed by atoms with Crippen LogP contribution in [0.15, 0.2) is 0 Å². The average molecular weight is 203 g/mol. The molecular formula is C9H11F2NO2. The highest BCUT2D eigenvalue weighted by Crippen LogP contribution is 2.26. The molecule has 0 radical (unpaired) electrons. The second kappa shape index (κ2) is 3.77. The number of methoxy groups -OCH3 is 1. The van der Waals surface area contributed by atoms with Crippen molar-refractivity contribution in [3.8, 4) is 0 Å². The topological polar surface area (TPSA) is 42.1 Å². The number of hydrogen-bond acceptors (Lipinski definition) is 2. The molecule has 3 nitrogen and oxygen atoms in total. The van der Waals surface area contributed by atoms with Crippen molar-refractivity contribution in [1.29, 1.82) is 0 Å². The van der Waals surface area contributed by atoms with Crippen LogP contribution >= 0.6 is 0 Å². The molecule has 1 N–H and O–H groups in total. The van der Waals surface area contributed by atoms with Crippen LogP contribution < -0.4 is 0 Å². The number of H-pyrrole nitrogens is 1. The van der Waals surface area contributed by atoms with Gasteiger partial charge in [0.2, 0.25) is 0 Å². The van der Waals surface area contributed by atoms with Gasteiger partial charge in [0.1, 0.15) is 0 Å². The third-order valence-electron chi connectivity index (χ3n) is 2.08. The number of aromatic amines is 1. The summed E-state index contributed by atoms with van der Waals surface area (Å²) in [6, 6.07) is 0. The maximum atomic E-state index is 12.4. The maximum absolute atomic E-state index is 12.4. The van der Waals surface area contributed by atoms with Gasteiger partial charge >= 0.3 is 5.97 Å². The first-order valence-electron chi connectivity index (χ1n) is 4.04. The largest absolute Gasteiger partial charge is 0.465 e. The second-order valence-electron chi connectivity index (χ2n) is 2.96. The Morgan fingerprint density at radius 2 is 2.00 bits per heavy atom. The molecule has 78 valence electrons. The van der Waals surface area contributed by atoms with E-state index in [-0.39, 0.29) is 16.8 Å². The molecule has 0 aliphatic heterocycles. The molecule has 0 aliphatic rings. The van der Waals surface area contributed by atoms with Gasteiger partial charge in [-0.2, -0.15) is 0 Å². The molecule has 1 aromatic rings. The molecular weight excluding hydrogens is 192 g/mol. The number of rotatable bonds is 2. The zero-order valence-electron chi connectivity index (χ0n) is 8.15. The third kappa shape index (κ3) is 1.62. The summed E-state index contributed by atoms with van der Waals surface area (Å²) in [4.78, 5) is 13.7. The first kappa shape index (κ1) is 10.7. The molecule has 14 heavy (non-hydrogen) atoms. The Morgan fingerprint density at radius 1 is 1.43 bits per heavy atom. The Morgan fingerprint density at radius 3 is 2.36 bits per heavy atom. The number of alkyl halides is 2. The number of halogens is 2. The van der Waals surface area contributed by atoms with E-state index in [4.69, 9.17) is 0 Å². The molecule has 1 heterocycles. The van der Waals surface area contributed by atoms with Crippen LogP contribution in [0.25, 0.3) is 0 Å². The number of esters is 1. The van der Waals surface area contributed by atoms with Crippen LogP contribution in [0, 0.1) is 13.8 Å². The van der Waals surface area contributed by atoms with Gasteiger partial charge < -0.3 is 9.72 Å².